The Hall–Kier alpha value is -2.35. The summed E-state index contributed by atoms with van der Waals surface area (Å²) in [6.07, 6.45) is -0.479. The van der Waals surface area contributed by atoms with Gasteiger partial charge in [-0.1, -0.05) is 40.6 Å². The van der Waals surface area contributed by atoms with Crippen LogP contribution in [-0.2, 0) is 9.59 Å². The van der Waals surface area contributed by atoms with Gasteiger partial charge in [0.1, 0.15) is 11.3 Å². The van der Waals surface area contributed by atoms with E-state index in [0.717, 1.165) is 10.3 Å². The number of anilines is 2. The molecular formula is C19H14Cl2N2O4S. The zero-order valence-electron chi connectivity index (χ0n) is 14.8. The Morgan fingerprint density at radius 3 is 2.79 bits per heavy atom. The first-order valence-corrected chi connectivity index (χ1v) is 9.87. The van der Waals surface area contributed by atoms with Gasteiger partial charge >= 0.3 is 5.97 Å². The van der Waals surface area contributed by atoms with Crippen LogP contribution in [0.25, 0.3) is 10.2 Å². The molecule has 1 amide bonds. The molecule has 9 heteroatoms. The quantitative estimate of drug-likeness (QED) is 0.609. The van der Waals surface area contributed by atoms with E-state index in [9.17, 15) is 14.7 Å². The number of aliphatic carboxylic acids is 1. The summed E-state index contributed by atoms with van der Waals surface area (Å²) in [5, 5.41) is 10.5. The van der Waals surface area contributed by atoms with Crippen molar-refractivity contribution in [1.82, 2.24) is 4.98 Å². The molecule has 0 radical (unpaired) electrons. The Morgan fingerprint density at radius 2 is 2.07 bits per heavy atom. The zero-order valence-corrected chi connectivity index (χ0v) is 17.2. The summed E-state index contributed by atoms with van der Waals surface area (Å²) in [5.74, 6) is -1.22. The van der Waals surface area contributed by atoms with Gasteiger partial charge in [-0.2, -0.15) is 0 Å². The van der Waals surface area contributed by atoms with Crippen molar-refractivity contribution in [1.29, 1.82) is 0 Å². The van der Waals surface area contributed by atoms with E-state index in [1.807, 2.05) is 13.0 Å². The van der Waals surface area contributed by atoms with Crippen LogP contribution in [0.2, 0.25) is 10.0 Å². The van der Waals surface area contributed by atoms with Gasteiger partial charge in [-0.25, -0.2) is 9.88 Å². The molecule has 0 bridgehead atoms. The molecular weight excluding hydrogens is 423 g/mol. The maximum absolute atomic E-state index is 13.3. The van der Waals surface area contributed by atoms with Crippen molar-refractivity contribution >= 4 is 67.5 Å². The molecule has 6 nitrogen and oxygen atoms in total. The van der Waals surface area contributed by atoms with E-state index in [0.29, 0.717) is 32.1 Å². The van der Waals surface area contributed by atoms with E-state index in [2.05, 4.69) is 4.98 Å². The highest BCUT2D eigenvalue weighted by atomic mass is 35.5. The number of hydrogen-bond donors (Lipinski definition) is 1. The molecule has 28 heavy (non-hydrogen) atoms. The van der Waals surface area contributed by atoms with Crippen molar-refractivity contribution in [2.24, 2.45) is 0 Å². The number of benzene rings is 2. The van der Waals surface area contributed by atoms with Crippen molar-refractivity contribution in [2.45, 2.75) is 25.9 Å². The van der Waals surface area contributed by atoms with Crippen LogP contribution in [0, 0.1) is 6.92 Å². The van der Waals surface area contributed by atoms with E-state index < -0.39 is 23.9 Å². The summed E-state index contributed by atoms with van der Waals surface area (Å²) < 4.78 is 6.57. The molecule has 1 aliphatic rings. The van der Waals surface area contributed by atoms with Gasteiger partial charge in [0.25, 0.3) is 5.91 Å². The van der Waals surface area contributed by atoms with E-state index in [1.165, 1.54) is 23.2 Å². The summed E-state index contributed by atoms with van der Waals surface area (Å²) in [5.41, 5.74) is 0.384. The molecule has 0 aliphatic carbocycles. The first kappa shape index (κ1) is 19.0. The lowest BCUT2D eigenvalue weighted by molar-refractivity contribution is -0.148. The fourth-order valence-corrected chi connectivity index (χ4v) is 4.85. The summed E-state index contributed by atoms with van der Waals surface area (Å²) in [4.78, 5) is 30.6. The monoisotopic (exact) mass is 436 g/mol. The van der Waals surface area contributed by atoms with Gasteiger partial charge in [0.05, 0.1) is 21.8 Å². The van der Waals surface area contributed by atoms with Crippen molar-refractivity contribution < 1.29 is 19.4 Å². The number of carboxylic acid groups (broad SMARTS) is 1. The minimum absolute atomic E-state index is 0.370. The molecule has 1 N–H and O–H groups in total. The van der Waals surface area contributed by atoms with Gasteiger partial charge < -0.3 is 9.84 Å². The Morgan fingerprint density at radius 1 is 1.32 bits per heavy atom. The molecule has 1 aliphatic heterocycles. The Balaban J connectivity index is 1.92. The fourth-order valence-electron chi connectivity index (χ4n) is 3.15. The van der Waals surface area contributed by atoms with Crippen LogP contribution < -0.4 is 9.64 Å². The summed E-state index contributed by atoms with van der Waals surface area (Å²) in [7, 11) is 0. The highest BCUT2D eigenvalue weighted by Crippen LogP contribution is 2.46. The molecule has 2 aromatic carbocycles. The molecule has 0 spiro atoms. The van der Waals surface area contributed by atoms with Gasteiger partial charge in [0, 0.05) is 5.02 Å². The normalized spacial score (nSPS) is 18.9. The average molecular weight is 437 g/mol. The number of rotatable bonds is 3. The summed E-state index contributed by atoms with van der Waals surface area (Å²) >= 11 is 13.6. The van der Waals surface area contributed by atoms with E-state index in [1.54, 1.807) is 24.3 Å². The van der Waals surface area contributed by atoms with E-state index in [-0.39, 0.29) is 0 Å². The van der Waals surface area contributed by atoms with Crippen molar-refractivity contribution in [3.8, 4) is 5.75 Å². The lowest BCUT2D eigenvalue weighted by Crippen LogP contribution is -2.53. The molecule has 0 saturated heterocycles. The summed E-state index contributed by atoms with van der Waals surface area (Å²) in [6.45, 7) is 3.36. The number of thiazole rings is 1. The van der Waals surface area contributed by atoms with Crippen LogP contribution in [-0.4, -0.2) is 27.6 Å². The molecule has 0 fully saturated rings. The third kappa shape index (κ3) is 3.09. The first-order valence-electron chi connectivity index (χ1n) is 8.29. The second-order valence-electron chi connectivity index (χ2n) is 6.75. The molecule has 2 heterocycles. The number of hydrogen-bond acceptors (Lipinski definition) is 5. The van der Waals surface area contributed by atoms with Crippen molar-refractivity contribution in [3.05, 3.63) is 45.9 Å². The van der Waals surface area contributed by atoms with Crippen LogP contribution >= 0.6 is 34.5 Å². The standard InChI is InChI=1S/C19H14Cl2N2O4S/c1-9-3-4-12-13(5-9)27-19(2,8-15(24)25)17(26)23(12)18-22-16-11(21)6-10(20)7-14(16)28-18/h3-7H,8H2,1-2H3,(H,24,25). The third-order valence-corrected chi connectivity index (χ3v) is 5.92. The van der Waals surface area contributed by atoms with Gasteiger partial charge in [0.2, 0.25) is 0 Å². The third-order valence-electron chi connectivity index (χ3n) is 4.43. The fraction of sp³-hybridized carbons (Fsp3) is 0.211. The number of aromatic nitrogens is 1. The van der Waals surface area contributed by atoms with Crippen molar-refractivity contribution in [3.63, 3.8) is 0 Å². The highest BCUT2D eigenvalue weighted by molar-refractivity contribution is 7.22. The smallest absolute Gasteiger partial charge is 0.307 e. The lowest BCUT2D eigenvalue weighted by Gasteiger charge is -2.38. The van der Waals surface area contributed by atoms with Gasteiger partial charge in [0.15, 0.2) is 10.7 Å². The maximum Gasteiger partial charge on any atom is 0.307 e. The molecule has 3 aromatic rings. The van der Waals surface area contributed by atoms with Crippen LogP contribution in [0.4, 0.5) is 10.8 Å². The number of halogens is 2. The highest BCUT2D eigenvalue weighted by Gasteiger charge is 2.47. The molecule has 144 valence electrons. The molecule has 1 aromatic heterocycles. The second kappa shape index (κ2) is 6.62. The van der Waals surface area contributed by atoms with Gasteiger partial charge in [-0.05, 0) is 43.7 Å². The number of carbonyl (C=O) groups excluding carboxylic acids is 1. The number of amides is 1. The Bertz CT molecular complexity index is 1150. The van der Waals surface area contributed by atoms with E-state index in [4.69, 9.17) is 27.9 Å². The topological polar surface area (TPSA) is 79.7 Å². The second-order valence-corrected chi connectivity index (χ2v) is 8.60. The van der Waals surface area contributed by atoms with Crippen LogP contribution in [0.15, 0.2) is 30.3 Å². The first-order chi connectivity index (χ1) is 13.2. The lowest BCUT2D eigenvalue weighted by atomic mass is 9.97. The zero-order chi connectivity index (χ0) is 20.2. The number of carbonyl (C=O) groups is 2. The predicted octanol–water partition coefficient (Wildman–Crippen LogP) is 5.20. The molecule has 1 unspecified atom stereocenters. The minimum Gasteiger partial charge on any atom is -0.481 e. The number of fused-ring (bicyclic) bond motifs is 2. The maximum atomic E-state index is 13.3. The number of carboxylic acids is 1. The SMILES string of the molecule is Cc1ccc2c(c1)OC(C)(CC(=O)O)C(=O)N2c1nc2c(Cl)cc(Cl)cc2s1. The van der Waals surface area contributed by atoms with Gasteiger partial charge in [-0.3, -0.25) is 9.59 Å². The Labute approximate surface area is 174 Å². The van der Waals surface area contributed by atoms with Gasteiger partial charge in [-0.15, -0.1) is 0 Å². The van der Waals surface area contributed by atoms with E-state index >= 15 is 0 Å². The van der Waals surface area contributed by atoms with Crippen LogP contribution in [0.5, 0.6) is 5.75 Å². The molecule has 0 saturated carbocycles. The predicted molar refractivity (Wildman–Crippen MR) is 109 cm³/mol. The molecule has 1 atom stereocenters. The summed E-state index contributed by atoms with van der Waals surface area (Å²) in [6, 6.07) is 8.68. The van der Waals surface area contributed by atoms with Crippen molar-refractivity contribution in [2.75, 3.05) is 4.90 Å². The van der Waals surface area contributed by atoms with Crippen LogP contribution in [0.3, 0.4) is 0 Å². The average Bonchev–Trinajstić information content (AvgIpc) is 2.99. The molecule has 4 rings (SSSR count). The number of ether oxygens (including phenoxy) is 1. The Kier molecular flexibility index (Phi) is 4.49. The number of nitrogens with zero attached hydrogens (tertiary/aromatic N) is 2. The largest absolute Gasteiger partial charge is 0.481 e. The van der Waals surface area contributed by atoms with Crippen LogP contribution in [0.1, 0.15) is 18.9 Å². The number of aryl methyl sites for hydroxylation is 1. The minimum atomic E-state index is -1.56.